The molecule has 0 aliphatic rings. The van der Waals surface area contributed by atoms with E-state index in [0.717, 1.165) is 4.70 Å². The number of nitriles is 1. The van der Waals surface area contributed by atoms with Gasteiger partial charge in [0.2, 0.25) is 0 Å². The highest BCUT2D eigenvalue weighted by Crippen LogP contribution is 2.25. The predicted octanol–water partition coefficient (Wildman–Crippen LogP) is 1.89. The molecule has 0 amide bonds. The fourth-order valence-corrected chi connectivity index (χ4v) is 2.09. The monoisotopic (exact) mass is 206 g/mol. The number of nitrogens with one attached hydrogen (secondary N) is 1. The van der Waals surface area contributed by atoms with Crippen LogP contribution in [0, 0.1) is 11.3 Å². The van der Waals surface area contributed by atoms with Crippen molar-refractivity contribution in [1.82, 2.24) is 4.98 Å². The van der Waals surface area contributed by atoms with Gasteiger partial charge in [0, 0.05) is 5.38 Å². The number of H-pyrrole nitrogens is 1. The molecule has 0 bridgehead atoms. The largest absolute Gasteiger partial charge is 0.464 e. The molecule has 0 aromatic carbocycles. The van der Waals surface area contributed by atoms with Gasteiger partial charge in [0.1, 0.15) is 11.8 Å². The maximum atomic E-state index is 11.1. The summed E-state index contributed by atoms with van der Waals surface area (Å²) in [7, 11) is 1.32. The fraction of sp³-hybridized carbons (Fsp3) is 0.111. The van der Waals surface area contributed by atoms with Gasteiger partial charge in [-0.2, -0.15) is 5.26 Å². The maximum absolute atomic E-state index is 11.1. The number of nitrogens with zero attached hydrogens (tertiary/aromatic N) is 1. The molecule has 2 heterocycles. The molecule has 0 spiro atoms. The van der Waals surface area contributed by atoms with Gasteiger partial charge in [-0.25, -0.2) is 4.79 Å². The van der Waals surface area contributed by atoms with Crippen molar-refractivity contribution < 1.29 is 9.53 Å². The molecule has 14 heavy (non-hydrogen) atoms. The molecule has 0 aliphatic carbocycles. The van der Waals surface area contributed by atoms with Gasteiger partial charge in [0.25, 0.3) is 0 Å². The average molecular weight is 206 g/mol. The zero-order valence-electron chi connectivity index (χ0n) is 7.33. The summed E-state index contributed by atoms with van der Waals surface area (Å²) in [5, 5.41) is 10.5. The number of fused-ring (bicyclic) bond motifs is 1. The first-order chi connectivity index (χ1) is 6.76. The smallest absolute Gasteiger partial charge is 0.354 e. The third kappa shape index (κ3) is 1.17. The van der Waals surface area contributed by atoms with Crippen molar-refractivity contribution in [2.24, 2.45) is 0 Å². The molecule has 1 N–H and O–H groups in total. The Hall–Kier alpha value is -1.80. The predicted molar refractivity (Wildman–Crippen MR) is 52.2 cm³/mol. The van der Waals surface area contributed by atoms with Gasteiger partial charge >= 0.3 is 5.97 Å². The Morgan fingerprint density at radius 3 is 3.14 bits per heavy atom. The van der Waals surface area contributed by atoms with Gasteiger partial charge < -0.3 is 9.72 Å². The van der Waals surface area contributed by atoms with Crippen LogP contribution >= 0.6 is 11.3 Å². The SMILES string of the molecule is COC(=O)c1cc2scc(C#N)c2[nH]1. The summed E-state index contributed by atoms with van der Waals surface area (Å²) >= 11 is 1.43. The van der Waals surface area contributed by atoms with E-state index in [2.05, 4.69) is 9.72 Å². The lowest BCUT2D eigenvalue weighted by molar-refractivity contribution is 0.0595. The molecule has 0 unspecified atom stereocenters. The Labute approximate surface area is 83.7 Å². The second-order valence-corrected chi connectivity index (χ2v) is 3.59. The minimum atomic E-state index is -0.419. The van der Waals surface area contributed by atoms with Gasteiger partial charge in [-0.05, 0) is 6.07 Å². The third-order valence-electron chi connectivity index (χ3n) is 1.88. The Morgan fingerprint density at radius 1 is 1.71 bits per heavy atom. The lowest BCUT2D eigenvalue weighted by Crippen LogP contribution is -2.00. The first-order valence-electron chi connectivity index (χ1n) is 3.85. The van der Waals surface area contributed by atoms with Crippen LogP contribution in [-0.4, -0.2) is 18.1 Å². The minimum Gasteiger partial charge on any atom is -0.464 e. The number of rotatable bonds is 1. The molecule has 2 aromatic heterocycles. The van der Waals surface area contributed by atoms with E-state index in [0.29, 0.717) is 16.8 Å². The van der Waals surface area contributed by atoms with Crippen molar-refractivity contribution in [3.8, 4) is 6.07 Å². The topological polar surface area (TPSA) is 65.9 Å². The van der Waals surface area contributed by atoms with Crippen LogP contribution in [0.4, 0.5) is 0 Å². The summed E-state index contributed by atoms with van der Waals surface area (Å²) in [5.41, 5.74) is 1.64. The summed E-state index contributed by atoms with van der Waals surface area (Å²) in [6, 6.07) is 3.73. The van der Waals surface area contributed by atoms with Gasteiger partial charge in [-0.3, -0.25) is 0 Å². The quantitative estimate of drug-likeness (QED) is 0.724. The standard InChI is InChI=1S/C9H6N2O2S/c1-13-9(12)6-2-7-8(11-6)5(3-10)4-14-7/h2,4,11H,1H3. The van der Waals surface area contributed by atoms with Crippen LogP contribution in [0.25, 0.3) is 10.2 Å². The van der Waals surface area contributed by atoms with Gasteiger partial charge in [0.05, 0.1) is 22.9 Å². The molecule has 70 valence electrons. The van der Waals surface area contributed by atoms with Crippen molar-refractivity contribution in [2.45, 2.75) is 0 Å². The van der Waals surface area contributed by atoms with Crippen LogP contribution in [0.1, 0.15) is 16.1 Å². The maximum Gasteiger partial charge on any atom is 0.354 e. The Balaban J connectivity index is 2.59. The van der Waals surface area contributed by atoms with E-state index in [1.807, 2.05) is 6.07 Å². The van der Waals surface area contributed by atoms with Gasteiger partial charge in [-0.1, -0.05) is 0 Å². The van der Waals surface area contributed by atoms with Crippen LogP contribution in [0.15, 0.2) is 11.4 Å². The number of aromatic nitrogens is 1. The fourth-order valence-electron chi connectivity index (χ4n) is 1.21. The number of carbonyl (C=O) groups is 1. The molecular formula is C9H6N2O2S. The van der Waals surface area contributed by atoms with E-state index >= 15 is 0 Å². The van der Waals surface area contributed by atoms with Crippen molar-refractivity contribution in [3.63, 3.8) is 0 Å². The van der Waals surface area contributed by atoms with Crippen LogP contribution < -0.4 is 0 Å². The highest BCUT2D eigenvalue weighted by atomic mass is 32.1. The summed E-state index contributed by atoms with van der Waals surface area (Å²) in [5.74, 6) is -0.419. The zero-order chi connectivity index (χ0) is 10.1. The van der Waals surface area contributed by atoms with E-state index in [9.17, 15) is 4.79 Å². The number of hydrogen-bond donors (Lipinski definition) is 1. The lowest BCUT2D eigenvalue weighted by atomic mass is 10.3. The first kappa shape index (κ1) is 8.78. The Morgan fingerprint density at radius 2 is 2.50 bits per heavy atom. The number of hydrogen-bond acceptors (Lipinski definition) is 4. The number of esters is 1. The van der Waals surface area contributed by atoms with E-state index in [-0.39, 0.29) is 0 Å². The highest BCUT2D eigenvalue weighted by Gasteiger charge is 2.12. The van der Waals surface area contributed by atoms with Gasteiger partial charge in [0.15, 0.2) is 0 Å². The third-order valence-corrected chi connectivity index (χ3v) is 2.81. The molecule has 2 aromatic rings. The van der Waals surface area contributed by atoms with Crippen LogP contribution in [-0.2, 0) is 4.74 Å². The molecule has 2 rings (SSSR count). The van der Waals surface area contributed by atoms with Gasteiger partial charge in [-0.15, -0.1) is 11.3 Å². The number of aromatic amines is 1. The van der Waals surface area contributed by atoms with E-state index in [1.165, 1.54) is 18.4 Å². The number of ether oxygens (including phenoxy) is 1. The minimum absolute atomic E-state index is 0.380. The first-order valence-corrected chi connectivity index (χ1v) is 4.73. The van der Waals surface area contributed by atoms with E-state index in [1.54, 1.807) is 11.4 Å². The molecule has 0 saturated carbocycles. The summed E-state index contributed by atoms with van der Waals surface area (Å²) in [4.78, 5) is 14.0. The summed E-state index contributed by atoms with van der Waals surface area (Å²) in [6.07, 6.45) is 0. The second kappa shape index (κ2) is 3.16. The zero-order valence-corrected chi connectivity index (χ0v) is 8.14. The van der Waals surface area contributed by atoms with Crippen LogP contribution in [0.3, 0.4) is 0 Å². The summed E-state index contributed by atoms with van der Waals surface area (Å²) < 4.78 is 5.45. The lowest BCUT2D eigenvalue weighted by Gasteiger charge is -1.92. The average Bonchev–Trinajstić information content (AvgIpc) is 2.74. The summed E-state index contributed by atoms with van der Waals surface area (Å²) in [6.45, 7) is 0. The van der Waals surface area contributed by atoms with Crippen molar-refractivity contribution >= 4 is 27.5 Å². The van der Waals surface area contributed by atoms with Crippen LogP contribution in [0.2, 0.25) is 0 Å². The second-order valence-electron chi connectivity index (χ2n) is 2.68. The van der Waals surface area contributed by atoms with Crippen molar-refractivity contribution in [2.75, 3.05) is 7.11 Å². The van der Waals surface area contributed by atoms with E-state index in [4.69, 9.17) is 5.26 Å². The number of carbonyl (C=O) groups excluding carboxylic acids is 1. The van der Waals surface area contributed by atoms with Crippen molar-refractivity contribution in [1.29, 1.82) is 5.26 Å². The molecule has 0 atom stereocenters. The number of methoxy groups -OCH3 is 1. The van der Waals surface area contributed by atoms with Crippen molar-refractivity contribution in [3.05, 3.63) is 22.7 Å². The molecule has 0 saturated heterocycles. The Kier molecular flexibility index (Phi) is 1.98. The van der Waals surface area contributed by atoms with Crippen LogP contribution in [0.5, 0.6) is 0 Å². The highest BCUT2D eigenvalue weighted by molar-refractivity contribution is 7.17. The molecule has 0 fully saturated rings. The molecular weight excluding hydrogens is 200 g/mol. The van der Waals surface area contributed by atoms with E-state index < -0.39 is 5.97 Å². The molecule has 0 radical (unpaired) electrons. The molecule has 4 nitrogen and oxygen atoms in total. The normalized spacial score (nSPS) is 10.0. The molecule has 0 aliphatic heterocycles. The Bertz CT molecular complexity index is 532. The molecule has 5 heteroatoms. The number of thiophene rings is 1.